The van der Waals surface area contributed by atoms with Crippen molar-refractivity contribution in [2.45, 2.75) is 10.9 Å². The van der Waals surface area contributed by atoms with Gasteiger partial charge in [0, 0.05) is 38.9 Å². The molecule has 0 aliphatic carbocycles. The van der Waals surface area contributed by atoms with Crippen LogP contribution in [0, 0.1) is 0 Å². The van der Waals surface area contributed by atoms with Crippen LogP contribution >= 0.6 is 39.3 Å². The van der Waals surface area contributed by atoms with E-state index in [1.807, 2.05) is 60.7 Å². The van der Waals surface area contributed by atoms with Crippen molar-refractivity contribution in [1.29, 1.82) is 0 Å². The molecule has 134 valence electrons. The fourth-order valence-electron chi connectivity index (χ4n) is 2.63. The summed E-state index contributed by atoms with van der Waals surface area (Å²) in [7, 11) is 0. The molecule has 2 aromatic carbocycles. The number of thioether (sulfide) groups is 1. The number of benzene rings is 2. The molecule has 0 atom stereocenters. The molecule has 0 fully saturated rings. The molecule has 0 unspecified atom stereocenters. The third-order valence-electron chi connectivity index (χ3n) is 3.97. The number of aromatic nitrogens is 4. The Morgan fingerprint density at radius 3 is 2.41 bits per heavy atom. The van der Waals surface area contributed by atoms with Gasteiger partial charge < -0.3 is 0 Å². The molecule has 0 aliphatic heterocycles. The van der Waals surface area contributed by atoms with Crippen molar-refractivity contribution < 1.29 is 0 Å². The molecule has 0 bridgehead atoms. The Balaban J connectivity index is 1.74. The summed E-state index contributed by atoms with van der Waals surface area (Å²) in [6.07, 6.45) is 3.51. The SMILES string of the molecule is Clc1ccccc1CSc1nnc(-c2ccncc2)n1-c1ccc(Br)cc1. The monoisotopic (exact) mass is 456 g/mol. The minimum absolute atomic E-state index is 0.713. The van der Waals surface area contributed by atoms with Gasteiger partial charge >= 0.3 is 0 Å². The molecule has 27 heavy (non-hydrogen) atoms. The van der Waals surface area contributed by atoms with Gasteiger partial charge in [0.05, 0.1) is 0 Å². The fourth-order valence-corrected chi connectivity index (χ4v) is 4.13. The largest absolute Gasteiger partial charge is 0.270 e. The van der Waals surface area contributed by atoms with E-state index >= 15 is 0 Å². The van der Waals surface area contributed by atoms with E-state index in [1.54, 1.807) is 24.2 Å². The van der Waals surface area contributed by atoms with Crippen LogP contribution in [0.2, 0.25) is 5.02 Å². The first-order valence-electron chi connectivity index (χ1n) is 8.20. The van der Waals surface area contributed by atoms with Gasteiger partial charge in [0.1, 0.15) is 0 Å². The van der Waals surface area contributed by atoms with Gasteiger partial charge in [-0.05, 0) is 48.0 Å². The van der Waals surface area contributed by atoms with E-state index in [1.165, 1.54) is 0 Å². The number of nitrogens with zero attached hydrogens (tertiary/aromatic N) is 4. The Morgan fingerprint density at radius 1 is 0.926 bits per heavy atom. The molecule has 0 radical (unpaired) electrons. The highest BCUT2D eigenvalue weighted by atomic mass is 79.9. The lowest BCUT2D eigenvalue weighted by Gasteiger charge is -2.11. The van der Waals surface area contributed by atoms with E-state index in [9.17, 15) is 0 Å². The number of hydrogen-bond donors (Lipinski definition) is 0. The number of rotatable bonds is 5. The molecule has 4 aromatic rings. The van der Waals surface area contributed by atoms with E-state index in [0.29, 0.717) is 5.75 Å². The Labute approximate surface area is 174 Å². The maximum absolute atomic E-state index is 6.30. The van der Waals surface area contributed by atoms with Crippen LogP contribution in [0.25, 0.3) is 17.1 Å². The van der Waals surface area contributed by atoms with Gasteiger partial charge in [-0.2, -0.15) is 0 Å². The van der Waals surface area contributed by atoms with Crippen molar-refractivity contribution in [2.75, 3.05) is 0 Å². The van der Waals surface area contributed by atoms with Crippen LogP contribution < -0.4 is 0 Å². The Hall–Kier alpha value is -2.15. The maximum Gasteiger partial charge on any atom is 0.196 e. The molecule has 7 heteroatoms. The maximum atomic E-state index is 6.30. The predicted molar refractivity (Wildman–Crippen MR) is 113 cm³/mol. The van der Waals surface area contributed by atoms with Gasteiger partial charge in [-0.15, -0.1) is 10.2 Å². The summed E-state index contributed by atoms with van der Waals surface area (Å²) in [5.41, 5.74) is 3.03. The van der Waals surface area contributed by atoms with Crippen molar-refractivity contribution in [2.24, 2.45) is 0 Å². The molecule has 0 spiro atoms. The molecule has 0 aliphatic rings. The quantitative estimate of drug-likeness (QED) is 0.343. The lowest BCUT2D eigenvalue weighted by Crippen LogP contribution is -2.00. The second kappa shape index (κ2) is 8.25. The van der Waals surface area contributed by atoms with E-state index in [4.69, 9.17) is 11.6 Å². The van der Waals surface area contributed by atoms with Crippen molar-refractivity contribution in [3.8, 4) is 17.1 Å². The Morgan fingerprint density at radius 2 is 1.67 bits per heavy atom. The molecule has 0 N–H and O–H groups in total. The average molecular weight is 458 g/mol. The molecule has 2 aromatic heterocycles. The van der Waals surface area contributed by atoms with Gasteiger partial charge in [0.15, 0.2) is 11.0 Å². The van der Waals surface area contributed by atoms with Crippen LogP contribution in [0.15, 0.2) is 82.7 Å². The highest BCUT2D eigenvalue weighted by Crippen LogP contribution is 2.31. The van der Waals surface area contributed by atoms with Crippen LogP contribution in [0.1, 0.15) is 5.56 Å². The molecule has 0 saturated carbocycles. The fraction of sp³-hybridized carbons (Fsp3) is 0.0500. The van der Waals surface area contributed by atoms with Gasteiger partial charge in [-0.1, -0.05) is 57.5 Å². The zero-order valence-corrected chi connectivity index (χ0v) is 17.2. The Kier molecular flexibility index (Phi) is 5.57. The number of halogens is 2. The zero-order valence-electron chi connectivity index (χ0n) is 14.1. The molecule has 0 amide bonds. The summed E-state index contributed by atoms with van der Waals surface area (Å²) in [4.78, 5) is 4.09. The second-order valence-electron chi connectivity index (χ2n) is 5.73. The van der Waals surface area contributed by atoms with Gasteiger partial charge in [0.25, 0.3) is 0 Å². The van der Waals surface area contributed by atoms with E-state index in [0.717, 1.165) is 37.3 Å². The first kappa shape index (κ1) is 18.2. The van der Waals surface area contributed by atoms with Crippen molar-refractivity contribution in [3.63, 3.8) is 0 Å². The molecule has 0 saturated heterocycles. The number of pyridine rings is 1. The molecular weight excluding hydrogens is 444 g/mol. The lowest BCUT2D eigenvalue weighted by atomic mass is 10.2. The van der Waals surface area contributed by atoms with Crippen LogP contribution in [-0.4, -0.2) is 19.7 Å². The average Bonchev–Trinajstić information content (AvgIpc) is 3.12. The molecule has 4 nitrogen and oxygen atoms in total. The van der Waals surface area contributed by atoms with Crippen molar-refractivity contribution in [1.82, 2.24) is 19.7 Å². The summed E-state index contributed by atoms with van der Waals surface area (Å²) in [6.45, 7) is 0. The van der Waals surface area contributed by atoms with Crippen LogP contribution in [0.5, 0.6) is 0 Å². The van der Waals surface area contributed by atoms with Gasteiger partial charge in [-0.3, -0.25) is 9.55 Å². The zero-order chi connectivity index (χ0) is 18.6. The standard InChI is InChI=1S/C20H14BrClN4S/c21-16-5-7-17(8-6-16)26-19(14-9-11-23-12-10-14)24-25-20(26)27-13-15-3-1-2-4-18(15)22/h1-12H,13H2. The third-order valence-corrected chi connectivity index (χ3v) is 5.85. The van der Waals surface area contributed by atoms with E-state index in [2.05, 4.69) is 35.7 Å². The summed E-state index contributed by atoms with van der Waals surface area (Å²) in [5, 5.41) is 10.4. The van der Waals surface area contributed by atoms with Crippen LogP contribution in [0.4, 0.5) is 0 Å². The molecular formula is C20H14BrClN4S. The summed E-state index contributed by atoms with van der Waals surface area (Å²) in [6, 6.07) is 19.8. The summed E-state index contributed by atoms with van der Waals surface area (Å²) < 4.78 is 3.08. The van der Waals surface area contributed by atoms with E-state index in [-0.39, 0.29) is 0 Å². The van der Waals surface area contributed by atoms with Crippen molar-refractivity contribution >= 4 is 39.3 Å². The first-order chi connectivity index (χ1) is 13.2. The van der Waals surface area contributed by atoms with Crippen molar-refractivity contribution in [3.05, 3.63) is 88.1 Å². The highest BCUT2D eigenvalue weighted by molar-refractivity contribution is 9.10. The lowest BCUT2D eigenvalue weighted by molar-refractivity contribution is 0.885. The summed E-state index contributed by atoms with van der Waals surface area (Å²) >= 11 is 11.4. The molecule has 2 heterocycles. The van der Waals surface area contributed by atoms with Crippen LogP contribution in [-0.2, 0) is 5.75 Å². The van der Waals surface area contributed by atoms with Gasteiger partial charge in [-0.25, -0.2) is 0 Å². The minimum atomic E-state index is 0.713. The van der Waals surface area contributed by atoms with Crippen LogP contribution in [0.3, 0.4) is 0 Å². The molecule has 4 rings (SSSR count). The number of hydrogen-bond acceptors (Lipinski definition) is 4. The second-order valence-corrected chi connectivity index (χ2v) is 8.00. The summed E-state index contributed by atoms with van der Waals surface area (Å²) in [5.74, 6) is 1.49. The topological polar surface area (TPSA) is 43.6 Å². The highest BCUT2D eigenvalue weighted by Gasteiger charge is 2.16. The predicted octanol–water partition coefficient (Wildman–Crippen LogP) is 6.04. The minimum Gasteiger partial charge on any atom is -0.270 e. The third kappa shape index (κ3) is 4.08. The normalized spacial score (nSPS) is 10.9. The van der Waals surface area contributed by atoms with Gasteiger partial charge in [0.2, 0.25) is 0 Å². The smallest absolute Gasteiger partial charge is 0.196 e. The van der Waals surface area contributed by atoms with E-state index < -0.39 is 0 Å². The Bertz CT molecular complexity index is 1050. The first-order valence-corrected chi connectivity index (χ1v) is 10.4.